The summed E-state index contributed by atoms with van der Waals surface area (Å²) in [5.41, 5.74) is 15.9. The average Bonchev–Trinajstić information content (AvgIpc) is 3.50. The lowest BCUT2D eigenvalue weighted by Gasteiger charge is -2.35. The van der Waals surface area contributed by atoms with Crippen LogP contribution < -0.4 is 33.1 Å². The SMILES string of the molecule is CC(C)C[C@@H](NC[C@@H](Cc1ccccc1)NC[C@H](N)Cc1ccccc1)C(=O)N[C@H](CCCCN)C(=O)N1CCC(n2c(=O)[nH]c3ncccc32)CC1.Cl. The molecule has 0 unspecified atom stereocenters. The molecule has 0 radical (unpaired) electrons. The number of nitrogens with two attached hydrogens (primary N) is 2. The van der Waals surface area contributed by atoms with Gasteiger partial charge in [0, 0.05) is 50.5 Å². The van der Waals surface area contributed by atoms with Crippen molar-refractivity contribution >= 4 is 35.4 Å². The van der Waals surface area contributed by atoms with E-state index in [-0.39, 0.29) is 54.0 Å². The molecule has 0 saturated carbocycles. The lowest BCUT2D eigenvalue weighted by molar-refractivity contribution is -0.138. The van der Waals surface area contributed by atoms with Crippen molar-refractivity contribution in [2.24, 2.45) is 17.4 Å². The third-order valence-corrected chi connectivity index (χ3v) is 10.2. The van der Waals surface area contributed by atoms with Gasteiger partial charge in [-0.15, -0.1) is 12.4 Å². The van der Waals surface area contributed by atoms with Crippen LogP contribution in [0.3, 0.4) is 0 Å². The fraction of sp³-hybridized carbons (Fsp3) is 0.512. The number of carbonyl (C=O) groups excluding carboxylic acids is 2. The van der Waals surface area contributed by atoms with E-state index in [1.807, 2.05) is 53.4 Å². The molecule has 2 amide bonds. The molecule has 1 fully saturated rings. The summed E-state index contributed by atoms with van der Waals surface area (Å²) in [6, 6.07) is 23.1. The zero-order chi connectivity index (χ0) is 37.6. The van der Waals surface area contributed by atoms with Crippen LogP contribution in [0.4, 0.5) is 0 Å². The van der Waals surface area contributed by atoms with Gasteiger partial charge in [0.05, 0.1) is 11.6 Å². The van der Waals surface area contributed by atoms with Crippen molar-refractivity contribution in [2.75, 3.05) is 32.7 Å². The number of fused-ring (bicyclic) bond motifs is 1. The van der Waals surface area contributed by atoms with Crippen LogP contribution in [0.2, 0.25) is 0 Å². The van der Waals surface area contributed by atoms with E-state index in [1.54, 1.807) is 10.8 Å². The predicted molar refractivity (Wildman–Crippen MR) is 219 cm³/mol. The second kappa shape index (κ2) is 21.7. The number of hydrogen-bond donors (Lipinski definition) is 6. The molecule has 294 valence electrons. The van der Waals surface area contributed by atoms with Crippen LogP contribution in [0.25, 0.3) is 11.2 Å². The maximum absolute atomic E-state index is 14.1. The minimum absolute atomic E-state index is 0. The summed E-state index contributed by atoms with van der Waals surface area (Å²) in [5, 5.41) is 10.4. The molecule has 4 atom stereocenters. The van der Waals surface area contributed by atoms with Gasteiger partial charge >= 0.3 is 5.69 Å². The first-order valence-corrected chi connectivity index (χ1v) is 19.4. The first-order chi connectivity index (χ1) is 25.7. The van der Waals surface area contributed by atoms with Crippen LogP contribution in [-0.4, -0.2) is 88.1 Å². The number of H-pyrrole nitrogens is 1. The van der Waals surface area contributed by atoms with Crippen LogP contribution in [0, 0.1) is 5.92 Å². The number of benzene rings is 2. The number of nitrogens with zero attached hydrogens (tertiary/aromatic N) is 3. The van der Waals surface area contributed by atoms with E-state index in [1.165, 1.54) is 11.1 Å². The Kier molecular flexibility index (Phi) is 17.2. The molecular formula is C41H60ClN9O3. The topological polar surface area (TPSA) is 176 Å². The molecule has 5 rings (SSSR count). The molecule has 8 N–H and O–H groups in total. The summed E-state index contributed by atoms with van der Waals surface area (Å²) in [5.74, 6) is 0.00414. The summed E-state index contributed by atoms with van der Waals surface area (Å²) >= 11 is 0. The molecule has 12 nitrogen and oxygen atoms in total. The molecule has 2 aromatic heterocycles. The molecule has 0 bridgehead atoms. The number of carbonyl (C=O) groups is 2. The minimum atomic E-state index is -0.656. The summed E-state index contributed by atoms with van der Waals surface area (Å²) < 4.78 is 1.77. The van der Waals surface area contributed by atoms with E-state index in [0.717, 1.165) is 31.2 Å². The van der Waals surface area contributed by atoms with Gasteiger partial charge < -0.3 is 32.3 Å². The number of aromatic nitrogens is 3. The number of amides is 2. The minimum Gasteiger partial charge on any atom is -0.343 e. The molecule has 0 spiro atoms. The van der Waals surface area contributed by atoms with Crippen molar-refractivity contribution in [3.63, 3.8) is 0 Å². The Balaban J connectivity index is 0.00000650. The van der Waals surface area contributed by atoms with E-state index in [9.17, 15) is 14.4 Å². The highest BCUT2D eigenvalue weighted by atomic mass is 35.5. The zero-order valence-electron chi connectivity index (χ0n) is 31.8. The monoisotopic (exact) mass is 761 g/mol. The van der Waals surface area contributed by atoms with Gasteiger partial charge in [0.1, 0.15) is 6.04 Å². The van der Waals surface area contributed by atoms with Crippen LogP contribution in [0.15, 0.2) is 83.8 Å². The Bertz CT molecular complexity index is 1760. The van der Waals surface area contributed by atoms with Crippen LogP contribution in [0.5, 0.6) is 0 Å². The van der Waals surface area contributed by atoms with Crippen LogP contribution >= 0.6 is 12.4 Å². The van der Waals surface area contributed by atoms with Gasteiger partial charge in [-0.3, -0.25) is 19.1 Å². The third-order valence-electron chi connectivity index (χ3n) is 10.2. The number of aromatic amines is 1. The van der Waals surface area contributed by atoms with E-state index < -0.39 is 12.1 Å². The van der Waals surface area contributed by atoms with E-state index in [0.29, 0.717) is 64.1 Å². The van der Waals surface area contributed by atoms with Gasteiger partial charge in [-0.25, -0.2) is 9.78 Å². The quantitative estimate of drug-likeness (QED) is 0.0740. The number of imidazole rings is 1. The Morgan fingerprint density at radius 2 is 1.56 bits per heavy atom. The van der Waals surface area contributed by atoms with Gasteiger partial charge in [-0.1, -0.05) is 74.5 Å². The highest BCUT2D eigenvalue weighted by Crippen LogP contribution is 2.25. The predicted octanol–water partition coefficient (Wildman–Crippen LogP) is 3.70. The summed E-state index contributed by atoms with van der Waals surface area (Å²) in [6.07, 6.45) is 7.13. The smallest absolute Gasteiger partial charge is 0.327 e. The van der Waals surface area contributed by atoms with Crippen molar-refractivity contribution in [2.45, 2.75) is 95.4 Å². The molecule has 3 heterocycles. The normalized spacial score (nSPS) is 15.8. The summed E-state index contributed by atoms with van der Waals surface area (Å²) in [6.45, 7) is 6.92. The lowest BCUT2D eigenvalue weighted by Crippen LogP contribution is -2.56. The number of nitrogens with one attached hydrogen (secondary N) is 4. The molecular weight excluding hydrogens is 702 g/mol. The second-order valence-electron chi connectivity index (χ2n) is 14.9. The Morgan fingerprint density at radius 3 is 2.20 bits per heavy atom. The Morgan fingerprint density at radius 1 is 0.889 bits per heavy atom. The number of rotatable bonds is 20. The van der Waals surface area contributed by atoms with Crippen molar-refractivity contribution in [1.82, 2.24) is 35.4 Å². The highest BCUT2D eigenvalue weighted by Gasteiger charge is 2.32. The van der Waals surface area contributed by atoms with Gasteiger partial charge in [0.25, 0.3) is 0 Å². The molecule has 1 saturated heterocycles. The summed E-state index contributed by atoms with van der Waals surface area (Å²) in [7, 11) is 0. The molecule has 0 aliphatic carbocycles. The van der Waals surface area contributed by atoms with Crippen molar-refractivity contribution in [1.29, 1.82) is 0 Å². The molecule has 13 heteroatoms. The van der Waals surface area contributed by atoms with Crippen molar-refractivity contribution in [3.05, 3.63) is 101 Å². The van der Waals surface area contributed by atoms with Crippen molar-refractivity contribution in [3.8, 4) is 0 Å². The van der Waals surface area contributed by atoms with Gasteiger partial charge in [-0.2, -0.15) is 0 Å². The average molecular weight is 762 g/mol. The number of likely N-dealkylation sites (tertiary alicyclic amines) is 1. The standard InChI is InChI=1S/C41H59N9O3.ClH/c1-29(2)24-36(46-28-33(26-31-14-7-4-8-15-31)45-27-32(43)25-30-12-5-3-6-13-30)39(51)47-35(16-9-10-20-42)40(52)49-22-18-34(19-23-49)50-37-17-11-21-44-38(37)48-41(50)53;/h3-8,11-15,17,21,29,32-36,45-46H,9-10,16,18-20,22-28,42-43H2,1-2H3,(H,47,51)(H,44,48,53);1H/t32-,33-,35-,36-;/m1./s1. The van der Waals surface area contributed by atoms with Crippen LogP contribution in [-0.2, 0) is 22.4 Å². The highest BCUT2D eigenvalue weighted by molar-refractivity contribution is 5.90. The zero-order valence-corrected chi connectivity index (χ0v) is 32.6. The number of hydrogen-bond acceptors (Lipinski definition) is 8. The maximum atomic E-state index is 14.1. The fourth-order valence-electron chi connectivity index (χ4n) is 7.37. The molecule has 4 aromatic rings. The maximum Gasteiger partial charge on any atom is 0.327 e. The molecule has 1 aliphatic heterocycles. The second-order valence-corrected chi connectivity index (χ2v) is 14.9. The Hall–Kier alpha value is -4.07. The molecule has 2 aromatic carbocycles. The largest absolute Gasteiger partial charge is 0.343 e. The van der Waals surface area contributed by atoms with Gasteiger partial charge in [0.15, 0.2) is 5.65 Å². The van der Waals surface area contributed by atoms with Crippen LogP contribution in [0.1, 0.15) is 69.5 Å². The molecule has 1 aliphatic rings. The molecule has 54 heavy (non-hydrogen) atoms. The van der Waals surface area contributed by atoms with E-state index >= 15 is 0 Å². The first-order valence-electron chi connectivity index (χ1n) is 19.4. The number of unbranched alkanes of at least 4 members (excludes halogenated alkanes) is 1. The summed E-state index contributed by atoms with van der Waals surface area (Å²) in [4.78, 5) is 49.9. The fourth-order valence-corrected chi connectivity index (χ4v) is 7.37. The number of pyridine rings is 1. The van der Waals surface area contributed by atoms with Crippen molar-refractivity contribution < 1.29 is 9.59 Å². The first kappa shape index (κ1) is 42.7. The van der Waals surface area contributed by atoms with Gasteiger partial charge in [0.2, 0.25) is 11.8 Å². The number of halogens is 1. The number of piperidine rings is 1. The van der Waals surface area contributed by atoms with E-state index in [2.05, 4.69) is 64.0 Å². The lowest BCUT2D eigenvalue weighted by atomic mass is 9.99. The van der Waals surface area contributed by atoms with E-state index in [4.69, 9.17) is 11.5 Å². The van der Waals surface area contributed by atoms with Gasteiger partial charge in [-0.05, 0) is 87.1 Å². The third kappa shape index (κ3) is 12.5. The Labute approximate surface area is 325 Å².